The van der Waals surface area contributed by atoms with Gasteiger partial charge in [-0.15, -0.1) is 0 Å². The van der Waals surface area contributed by atoms with Gasteiger partial charge in [-0.05, 0) is 37.1 Å². The van der Waals surface area contributed by atoms with E-state index in [1.54, 1.807) is 0 Å². The number of benzene rings is 1. The number of aliphatic carboxylic acids is 1. The molecular formula is C14H20ClNO2. The fourth-order valence-electron chi connectivity index (χ4n) is 1.76. The normalized spacial score (nSPS) is 12.3. The second-order valence-electron chi connectivity index (χ2n) is 4.36. The molecule has 100 valence electrons. The third-order valence-electron chi connectivity index (χ3n) is 2.86. The monoisotopic (exact) mass is 269 g/mol. The molecule has 1 aromatic carbocycles. The summed E-state index contributed by atoms with van der Waals surface area (Å²) in [6.45, 7) is 2.73. The van der Waals surface area contributed by atoms with Crippen LogP contribution in [0.2, 0.25) is 5.02 Å². The van der Waals surface area contributed by atoms with Gasteiger partial charge in [0.15, 0.2) is 0 Å². The average molecular weight is 270 g/mol. The van der Waals surface area contributed by atoms with Crippen molar-refractivity contribution in [2.24, 2.45) is 0 Å². The summed E-state index contributed by atoms with van der Waals surface area (Å²) in [7, 11) is 0. The van der Waals surface area contributed by atoms with Crippen LogP contribution in [0.15, 0.2) is 24.3 Å². The molecule has 0 saturated heterocycles. The van der Waals surface area contributed by atoms with Crippen molar-refractivity contribution in [1.82, 2.24) is 5.32 Å². The van der Waals surface area contributed by atoms with Gasteiger partial charge in [0.25, 0.3) is 0 Å². The highest BCUT2D eigenvalue weighted by atomic mass is 35.5. The van der Waals surface area contributed by atoms with Crippen LogP contribution in [0.1, 0.15) is 31.7 Å². The maximum atomic E-state index is 11.0. The van der Waals surface area contributed by atoms with Gasteiger partial charge in [-0.2, -0.15) is 0 Å². The van der Waals surface area contributed by atoms with Gasteiger partial charge in [-0.1, -0.05) is 43.5 Å². The zero-order chi connectivity index (χ0) is 13.4. The first-order valence-corrected chi connectivity index (χ1v) is 6.72. The number of hydrogen-bond acceptors (Lipinski definition) is 2. The average Bonchev–Trinajstić information content (AvgIpc) is 2.35. The Bertz CT molecular complexity index is 365. The number of hydrogen-bond donors (Lipinski definition) is 2. The smallest absolute Gasteiger partial charge is 0.320 e. The van der Waals surface area contributed by atoms with Crippen LogP contribution in [0, 0.1) is 0 Å². The molecule has 0 aliphatic heterocycles. The van der Waals surface area contributed by atoms with E-state index in [1.807, 2.05) is 24.3 Å². The van der Waals surface area contributed by atoms with Gasteiger partial charge in [0, 0.05) is 5.02 Å². The fraction of sp³-hybridized carbons (Fsp3) is 0.500. The molecule has 1 rings (SSSR count). The summed E-state index contributed by atoms with van der Waals surface area (Å²) in [6.07, 6.45) is 3.45. The lowest BCUT2D eigenvalue weighted by molar-refractivity contribution is -0.139. The van der Waals surface area contributed by atoms with Crippen molar-refractivity contribution >= 4 is 17.6 Å². The largest absolute Gasteiger partial charge is 0.480 e. The van der Waals surface area contributed by atoms with E-state index < -0.39 is 12.0 Å². The quantitative estimate of drug-likeness (QED) is 0.762. The number of unbranched alkanes of at least 4 members (excludes halogenated alkanes) is 1. The van der Waals surface area contributed by atoms with Crippen molar-refractivity contribution in [3.8, 4) is 0 Å². The van der Waals surface area contributed by atoms with Crippen molar-refractivity contribution in [2.45, 2.75) is 38.6 Å². The first kappa shape index (κ1) is 15.0. The number of carboxylic acid groups (broad SMARTS) is 1. The van der Waals surface area contributed by atoms with E-state index in [-0.39, 0.29) is 0 Å². The van der Waals surface area contributed by atoms with E-state index in [4.69, 9.17) is 16.7 Å². The standard InChI is InChI=1S/C14H20ClNO2/c1-2-3-4-13(14(17)18)16-10-9-11-5-7-12(15)8-6-11/h5-8,13,16H,2-4,9-10H2,1H3,(H,17,18)/t13-/m0/s1. The predicted molar refractivity (Wildman–Crippen MR) is 74.1 cm³/mol. The topological polar surface area (TPSA) is 49.3 Å². The van der Waals surface area contributed by atoms with Crippen LogP contribution >= 0.6 is 11.6 Å². The van der Waals surface area contributed by atoms with Gasteiger partial charge in [0.2, 0.25) is 0 Å². The first-order chi connectivity index (χ1) is 8.63. The zero-order valence-corrected chi connectivity index (χ0v) is 11.4. The summed E-state index contributed by atoms with van der Waals surface area (Å²) in [5.74, 6) is -0.764. The molecule has 0 aromatic heterocycles. The molecule has 0 spiro atoms. The number of carboxylic acids is 1. The SMILES string of the molecule is CCCC[C@H](NCCc1ccc(Cl)cc1)C(=O)O. The molecule has 0 aliphatic rings. The Balaban J connectivity index is 2.34. The molecule has 0 heterocycles. The van der Waals surface area contributed by atoms with Gasteiger partial charge in [-0.25, -0.2) is 0 Å². The van der Waals surface area contributed by atoms with Gasteiger partial charge in [-0.3, -0.25) is 4.79 Å². The summed E-state index contributed by atoms with van der Waals surface area (Å²) in [5, 5.41) is 12.9. The number of halogens is 1. The highest BCUT2D eigenvalue weighted by molar-refractivity contribution is 6.30. The van der Waals surface area contributed by atoms with E-state index in [9.17, 15) is 4.79 Å². The number of nitrogens with one attached hydrogen (secondary N) is 1. The summed E-state index contributed by atoms with van der Waals surface area (Å²) < 4.78 is 0. The molecule has 1 aromatic rings. The van der Waals surface area contributed by atoms with E-state index in [1.165, 1.54) is 0 Å². The molecular weight excluding hydrogens is 250 g/mol. The molecule has 0 saturated carbocycles. The van der Waals surface area contributed by atoms with Crippen LogP contribution in [0.4, 0.5) is 0 Å². The summed E-state index contributed by atoms with van der Waals surface area (Å²) in [6, 6.07) is 7.19. The third kappa shape index (κ3) is 5.52. The molecule has 0 amide bonds. The van der Waals surface area contributed by atoms with E-state index in [2.05, 4.69) is 12.2 Å². The minimum absolute atomic E-state index is 0.433. The van der Waals surface area contributed by atoms with E-state index >= 15 is 0 Å². The van der Waals surface area contributed by atoms with Crippen molar-refractivity contribution in [1.29, 1.82) is 0 Å². The summed E-state index contributed by atoms with van der Waals surface area (Å²) in [5.41, 5.74) is 1.16. The Morgan fingerprint density at radius 3 is 2.61 bits per heavy atom. The Kier molecular flexibility index (Phi) is 6.76. The van der Waals surface area contributed by atoms with Crippen molar-refractivity contribution in [3.63, 3.8) is 0 Å². The van der Waals surface area contributed by atoms with Gasteiger partial charge >= 0.3 is 5.97 Å². The van der Waals surface area contributed by atoms with Gasteiger partial charge in [0.05, 0.1) is 0 Å². The van der Waals surface area contributed by atoms with Crippen molar-refractivity contribution in [2.75, 3.05) is 6.54 Å². The Morgan fingerprint density at radius 2 is 2.06 bits per heavy atom. The Labute approximate surface area is 113 Å². The van der Waals surface area contributed by atoms with Crippen LogP contribution in [0.3, 0.4) is 0 Å². The molecule has 0 aliphatic carbocycles. The lowest BCUT2D eigenvalue weighted by Gasteiger charge is -2.13. The summed E-state index contributed by atoms with van der Waals surface area (Å²) in [4.78, 5) is 11.0. The van der Waals surface area contributed by atoms with Crippen LogP contribution in [0.25, 0.3) is 0 Å². The Hall–Kier alpha value is -1.06. The molecule has 18 heavy (non-hydrogen) atoms. The van der Waals surface area contributed by atoms with Gasteiger partial charge in [0.1, 0.15) is 6.04 Å². The molecule has 0 unspecified atom stereocenters. The van der Waals surface area contributed by atoms with E-state index in [0.29, 0.717) is 13.0 Å². The van der Waals surface area contributed by atoms with Gasteiger partial charge < -0.3 is 10.4 Å². The van der Waals surface area contributed by atoms with Crippen LogP contribution in [-0.2, 0) is 11.2 Å². The minimum atomic E-state index is -0.764. The second-order valence-corrected chi connectivity index (χ2v) is 4.80. The lowest BCUT2D eigenvalue weighted by Crippen LogP contribution is -2.37. The molecule has 3 nitrogen and oxygen atoms in total. The molecule has 0 bridgehead atoms. The minimum Gasteiger partial charge on any atom is -0.480 e. The zero-order valence-electron chi connectivity index (χ0n) is 10.7. The number of carbonyl (C=O) groups is 1. The maximum Gasteiger partial charge on any atom is 0.320 e. The van der Waals surface area contributed by atoms with Crippen LogP contribution < -0.4 is 5.32 Å². The Morgan fingerprint density at radius 1 is 1.39 bits per heavy atom. The highest BCUT2D eigenvalue weighted by Gasteiger charge is 2.15. The highest BCUT2D eigenvalue weighted by Crippen LogP contribution is 2.09. The fourth-order valence-corrected chi connectivity index (χ4v) is 1.89. The number of rotatable bonds is 8. The third-order valence-corrected chi connectivity index (χ3v) is 3.11. The van der Waals surface area contributed by atoms with Crippen molar-refractivity contribution in [3.05, 3.63) is 34.9 Å². The van der Waals surface area contributed by atoms with Crippen LogP contribution in [-0.4, -0.2) is 23.7 Å². The van der Waals surface area contributed by atoms with Crippen molar-refractivity contribution < 1.29 is 9.90 Å². The summed E-state index contributed by atoms with van der Waals surface area (Å²) >= 11 is 5.80. The predicted octanol–water partition coefficient (Wildman–Crippen LogP) is 3.12. The lowest BCUT2D eigenvalue weighted by atomic mass is 10.1. The molecule has 1 atom stereocenters. The molecule has 2 N–H and O–H groups in total. The molecule has 0 radical (unpaired) electrons. The second kappa shape index (κ2) is 8.11. The molecule has 0 fully saturated rings. The maximum absolute atomic E-state index is 11.0. The molecule has 4 heteroatoms. The first-order valence-electron chi connectivity index (χ1n) is 6.34. The van der Waals surface area contributed by atoms with Crippen LogP contribution in [0.5, 0.6) is 0 Å². The van der Waals surface area contributed by atoms with E-state index in [0.717, 1.165) is 29.8 Å².